The van der Waals surface area contributed by atoms with E-state index in [1.807, 2.05) is 0 Å². The minimum atomic E-state index is -0.689. The number of hydrogen-bond donors (Lipinski definition) is 1. The molecule has 0 fully saturated rings. The summed E-state index contributed by atoms with van der Waals surface area (Å²) in [6.45, 7) is 0. The summed E-state index contributed by atoms with van der Waals surface area (Å²) in [5.74, 6) is -1.96. The molecule has 156 valence electrons. The number of carbonyl (C=O) groups excluding carboxylic acids is 1. The summed E-state index contributed by atoms with van der Waals surface area (Å²) < 4.78 is 34.4. The highest BCUT2D eigenvalue weighted by molar-refractivity contribution is 5.93. The molecule has 2 aromatic carbocycles. The molecule has 0 saturated heterocycles. The van der Waals surface area contributed by atoms with E-state index in [-0.39, 0.29) is 22.9 Å². The number of nitrogens with zero attached hydrogens (tertiary/aromatic N) is 2. The smallest absolute Gasteiger partial charge is 0.287 e. The van der Waals surface area contributed by atoms with Gasteiger partial charge in [0, 0.05) is 23.4 Å². The average Bonchev–Trinajstić information content (AvgIpc) is 3.18. The third kappa shape index (κ3) is 3.50. The maximum atomic E-state index is 13.7. The summed E-state index contributed by atoms with van der Waals surface area (Å²) in [7, 11) is 0. The van der Waals surface area contributed by atoms with Gasteiger partial charge in [0.25, 0.3) is 5.91 Å². The van der Waals surface area contributed by atoms with Crippen molar-refractivity contribution in [2.75, 3.05) is 0 Å². The first kappa shape index (κ1) is 19.2. The largest absolute Gasteiger partial charge is 0.451 e. The molecule has 1 unspecified atom stereocenters. The predicted molar refractivity (Wildman–Crippen MR) is 109 cm³/mol. The lowest BCUT2D eigenvalue weighted by Crippen LogP contribution is -2.31. The van der Waals surface area contributed by atoms with E-state index < -0.39 is 17.5 Å². The number of fused-ring (bicyclic) bond motifs is 2. The molecule has 1 atom stereocenters. The molecule has 31 heavy (non-hydrogen) atoms. The zero-order valence-electron chi connectivity index (χ0n) is 16.3. The number of carbonyl (C=O) groups is 1. The van der Waals surface area contributed by atoms with Crippen LogP contribution in [0.1, 0.15) is 40.7 Å². The van der Waals surface area contributed by atoms with Gasteiger partial charge in [0.1, 0.15) is 17.2 Å². The Kier molecular flexibility index (Phi) is 4.62. The quantitative estimate of drug-likeness (QED) is 0.541. The second kappa shape index (κ2) is 7.46. The molecule has 1 N–H and O–H groups in total. The van der Waals surface area contributed by atoms with E-state index >= 15 is 0 Å². The second-order valence-corrected chi connectivity index (χ2v) is 7.48. The summed E-state index contributed by atoms with van der Waals surface area (Å²) in [5.41, 5.74) is 1.88. The van der Waals surface area contributed by atoms with Crippen molar-refractivity contribution in [2.45, 2.75) is 25.3 Å². The summed E-state index contributed by atoms with van der Waals surface area (Å²) in [4.78, 5) is 25.1. The van der Waals surface area contributed by atoms with Crippen LogP contribution in [-0.4, -0.2) is 15.7 Å². The van der Waals surface area contributed by atoms with Gasteiger partial charge in [-0.25, -0.2) is 13.5 Å². The third-order valence-electron chi connectivity index (χ3n) is 5.44. The second-order valence-electron chi connectivity index (χ2n) is 7.48. The number of nitrogens with one attached hydrogen (secondary N) is 1. The number of hydrogen-bond acceptors (Lipinski definition) is 4. The molecule has 1 aliphatic carbocycles. The number of aromatic nitrogens is 2. The van der Waals surface area contributed by atoms with Gasteiger partial charge in [0.05, 0.1) is 23.3 Å². The Balaban J connectivity index is 1.45. The maximum absolute atomic E-state index is 13.7. The van der Waals surface area contributed by atoms with Crippen molar-refractivity contribution in [2.24, 2.45) is 0 Å². The van der Waals surface area contributed by atoms with Gasteiger partial charge >= 0.3 is 0 Å². The Morgan fingerprint density at radius 3 is 2.71 bits per heavy atom. The highest BCUT2D eigenvalue weighted by Gasteiger charge is 2.27. The minimum absolute atomic E-state index is 0.0737. The highest BCUT2D eigenvalue weighted by atomic mass is 19.1. The van der Waals surface area contributed by atoms with Crippen LogP contribution in [0.2, 0.25) is 0 Å². The third-order valence-corrected chi connectivity index (χ3v) is 5.44. The molecule has 0 aliphatic heterocycles. The van der Waals surface area contributed by atoms with Crippen LogP contribution in [0.15, 0.2) is 63.9 Å². The van der Waals surface area contributed by atoms with Crippen LogP contribution in [0.5, 0.6) is 0 Å². The molecule has 0 bridgehead atoms. The van der Waals surface area contributed by atoms with Gasteiger partial charge < -0.3 is 9.73 Å². The summed E-state index contributed by atoms with van der Waals surface area (Å²) in [5, 5.41) is 7.60. The van der Waals surface area contributed by atoms with E-state index in [2.05, 4.69) is 10.4 Å². The molecule has 6 nitrogen and oxygen atoms in total. The van der Waals surface area contributed by atoms with E-state index in [4.69, 9.17) is 4.42 Å². The minimum Gasteiger partial charge on any atom is -0.451 e. The molecule has 5 rings (SSSR count). The van der Waals surface area contributed by atoms with Crippen LogP contribution in [0, 0.1) is 11.6 Å². The van der Waals surface area contributed by atoms with Gasteiger partial charge in [-0.3, -0.25) is 9.59 Å². The summed E-state index contributed by atoms with van der Waals surface area (Å²) in [6, 6.07) is 10.8. The van der Waals surface area contributed by atoms with Crippen molar-refractivity contribution in [3.8, 4) is 5.69 Å². The summed E-state index contributed by atoms with van der Waals surface area (Å²) in [6.07, 6.45) is 3.67. The SMILES string of the molecule is O=C(NC1CCCc2c1cnn2-c1cc(F)cc(F)c1)c1cc(=O)c2ccccc2o1. The van der Waals surface area contributed by atoms with Crippen molar-refractivity contribution >= 4 is 16.9 Å². The molecule has 0 radical (unpaired) electrons. The lowest BCUT2D eigenvalue weighted by Gasteiger charge is -2.24. The van der Waals surface area contributed by atoms with Crippen LogP contribution >= 0.6 is 0 Å². The number of benzene rings is 2. The average molecular weight is 421 g/mol. The van der Waals surface area contributed by atoms with E-state index in [1.165, 1.54) is 22.9 Å². The molecule has 1 aliphatic rings. The van der Waals surface area contributed by atoms with Crippen molar-refractivity contribution < 1.29 is 18.0 Å². The van der Waals surface area contributed by atoms with E-state index in [0.29, 0.717) is 23.8 Å². The lowest BCUT2D eigenvalue weighted by atomic mass is 9.92. The van der Waals surface area contributed by atoms with Crippen LogP contribution in [0.25, 0.3) is 16.7 Å². The van der Waals surface area contributed by atoms with Gasteiger partial charge in [-0.1, -0.05) is 12.1 Å². The van der Waals surface area contributed by atoms with Crippen molar-refractivity contribution in [1.29, 1.82) is 0 Å². The monoisotopic (exact) mass is 421 g/mol. The molecule has 2 heterocycles. The summed E-state index contributed by atoms with van der Waals surface area (Å²) >= 11 is 0. The standard InChI is InChI=1S/C23H17F2N3O3/c24-13-8-14(25)10-15(9-13)28-19-6-3-5-18(17(19)12-26-28)27-23(30)22-11-20(29)16-4-1-2-7-21(16)31-22/h1-2,4,7-12,18H,3,5-6H2,(H,27,30). The number of halogens is 2. The lowest BCUT2D eigenvalue weighted by molar-refractivity contribution is 0.0905. The molecule has 8 heteroatoms. The fourth-order valence-electron chi connectivity index (χ4n) is 4.04. The highest BCUT2D eigenvalue weighted by Crippen LogP contribution is 2.31. The molecular weight excluding hydrogens is 404 g/mol. The first-order valence-corrected chi connectivity index (χ1v) is 9.86. The number of amides is 1. The Morgan fingerprint density at radius 1 is 1.13 bits per heavy atom. The zero-order chi connectivity index (χ0) is 21.5. The predicted octanol–water partition coefficient (Wildman–Crippen LogP) is 4.06. The van der Waals surface area contributed by atoms with Crippen molar-refractivity contribution in [1.82, 2.24) is 15.1 Å². The normalized spacial score (nSPS) is 15.6. The van der Waals surface area contributed by atoms with Gasteiger partial charge in [0.2, 0.25) is 0 Å². The van der Waals surface area contributed by atoms with Gasteiger partial charge in [-0.15, -0.1) is 0 Å². The number of rotatable bonds is 3. The Bertz CT molecular complexity index is 1360. The Labute approximate surface area is 175 Å². The van der Waals surface area contributed by atoms with E-state index in [9.17, 15) is 18.4 Å². The van der Waals surface area contributed by atoms with Crippen molar-refractivity contribution in [3.63, 3.8) is 0 Å². The first-order valence-electron chi connectivity index (χ1n) is 9.86. The molecule has 0 spiro atoms. The molecule has 1 amide bonds. The zero-order valence-corrected chi connectivity index (χ0v) is 16.3. The van der Waals surface area contributed by atoms with E-state index in [0.717, 1.165) is 23.7 Å². The van der Waals surface area contributed by atoms with Crippen LogP contribution in [-0.2, 0) is 6.42 Å². The molecular formula is C23H17F2N3O3. The van der Waals surface area contributed by atoms with Crippen LogP contribution in [0.3, 0.4) is 0 Å². The van der Waals surface area contributed by atoms with Crippen LogP contribution in [0.4, 0.5) is 8.78 Å². The maximum Gasteiger partial charge on any atom is 0.287 e. The molecule has 0 saturated carbocycles. The van der Waals surface area contributed by atoms with Gasteiger partial charge in [-0.05, 0) is 43.5 Å². The van der Waals surface area contributed by atoms with Crippen LogP contribution < -0.4 is 10.7 Å². The van der Waals surface area contributed by atoms with Crippen molar-refractivity contribution in [3.05, 3.63) is 93.6 Å². The van der Waals surface area contributed by atoms with Gasteiger partial charge in [-0.2, -0.15) is 5.10 Å². The first-order chi connectivity index (χ1) is 15.0. The Morgan fingerprint density at radius 2 is 1.90 bits per heavy atom. The van der Waals surface area contributed by atoms with Gasteiger partial charge in [0.15, 0.2) is 11.2 Å². The fourth-order valence-corrected chi connectivity index (χ4v) is 4.04. The molecule has 4 aromatic rings. The molecule has 2 aromatic heterocycles. The topological polar surface area (TPSA) is 77.1 Å². The van der Waals surface area contributed by atoms with E-state index in [1.54, 1.807) is 30.5 Å². The number of para-hydroxylation sites is 1. The Hall–Kier alpha value is -3.81. The fraction of sp³-hybridized carbons (Fsp3) is 0.174.